The minimum atomic E-state index is -1.45. The van der Waals surface area contributed by atoms with Crippen molar-refractivity contribution < 1.29 is 18.6 Å². The molecule has 0 aromatic carbocycles. The third kappa shape index (κ3) is 2.74. The Kier molecular flexibility index (Phi) is 4.04. The quantitative estimate of drug-likeness (QED) is 0.527. The molecule has 0 aliphatic carbocycles. The number of rotatable bonds is 4. The molecule has 0 bridgehead atoms. The van der Waals surface area contributed by atoms with Crippen molar-refractivity contribution in [2.45, 2.75) is 6.92 Å². The molecule has 0 unspecified atom stereocenters. The van der Waals surface area contributed by atoms with Crippen molar-refractivity contribution in [2.24, 2.45) is 0 Å². The summed E-state index contributed by atoms with van der Waals surface area (Å²) in [5.74, 6) is -4.21. The largest absolute Gasteiger partial charge is 0.505 e. The maximum absolute atomic E-state index is 12.7. The summed E-state index contributed by atoms with van der Waals surface area (Å²) in [7, 11) is 0. The van der Waals surface area contributed by atoms with Crippen LogP contribution in [0.25, 0.3) is 0 Å². The van der Waals surface area contributed by atoms with E-state index in [-0.39, 0.29) is 6.61 Å². The molecule has 68 valence electrons. The number of aliphatic hydroxyl groups is 1. The summed E-state index contributed by atoms with van der Waals surface area (Å²) in [4.78, 5) is 0. The lowest BCUT2D eigenvalue weighted by molar-refractivity contribution is 0.222. The molecule has 0 rings (SSSR count). The van der Waals surface area contributed by atoms with Crippen LogP contribution in [-0.2, 0) is 4.74 Å². The van der Waals surface area contributed by atoms with Gasteiger partial charge < -0.3 is 9.84 Å². The number of hydrogen-bond donors (Lipinski definition) is 1. The minimum Gasteiger partial charge on any atom is -0.505 e. The summed E-state index contributed by atoms with van der Waals surface area (Å²) >= 11 is 0. The predicted molar refractivity (Wildman–Crippen MR) is 41.8 cm³/mol. The van der Waals surface area contributed by atoms with Crippen LogP contribution in [0.1, 0.15) is 6.92 Å². The van der Waals surface area contributed by atoms with Gasteiger partial charge in [-0.05, 0) is 6.92 Å². The van der Waals surface area contributed by atoms with Gasteiger partial charge in [0.2, 0.25) is 11.7 Å². The molecular weight excluding hydrogens is 166 g/mol. The maximum atomic E-state index is 12.7. The predicted octanol–water partition coefficient (Wildman–Crippen LogP) is 2.76. The molecule has 0 atom stereocenters. The number of aliphatic hydroxyl groups excluding tert-OH is 1. The number of hydrogen-bond acceptors (Lipinski definition) is 2. The molecule has 1 N–H and O–H groups in total. The zero-order chi connectivity index (χ0) is 9.72. The van der Waals surface area contributed by atoms with Crippen LogP contribution >= 0.6 is 0 Å². The van der Waals surface area contributed by atoms with Crippen molar-refractivity contribution >= 4 is 0 Å². The topological polar surface area (TPSA) is 29.5 Å². The molecule has 0 saturated carbocycles. The van der Waals surface area contributed by atoms with Crippen molar-refractivity contribution in [3.05, 3.63) is 36.3 Å². The van der Waals surface area contributed by atoms with Gasteiger partial charge in [0, 0.05) is 0 Å². The molecular formula is C8H10F2O2. The van der Waals surface area contributed by atoms with Gasteiger partial charge in [0.1, 0.15) is 5.76 Å². The summed E-state index contributed by atoms with van der Waals surface area (Å²) in [6.07, 6.45) is 0. The molecule has 0 aromatic rings. The van der Waals surface area contributed by atoms with Crippen LogP contribution in [0.2, 0.25) is 0 Å². The van der Waals surface area contributed by atoms with Gasteiger partial charge in [0.05, 0.1) is 6.61 Å². The van der Waals surface area contributed by atoms with E-state index < -0.39 is 23.2 Å². The minimum absolute atomic E-state index is 0.178. The first-order chi connectivity index (χ1) is 5.50. The Bertz CT molecular complexity index is 231. The normalized spacial score (nSPS) is 11.9. The zero-order valence-corrected chi connectivity index (χ0v) is 6.73. The van der Waals surface area contributed by atoms with Gasteiger partial charge in [0.25, 0.3) is 0 Å². The monoisotopic (exact) mass is 176 g/mol. The maximum Gasteiger partial charge on any atom is 0.203 e. The van der Waals surface area contributed by atoms with Gasteiger partial charge in [-0.25, -0.2) is 0 Å². The van der Waals surface area contributed by atoms with Crippen LogP contribution in [-0.4, -0.2) is 11.7 Å². The van der Waals surface area contributed by atoms with Gasteiger partial charge in [-0.2, -0.15) is 8.78 Å². The Morgan fingerprint density at radius 2 is 1.83 bits per heavy atom. The van der Waals surface area contributed by atoms with Crippen LogP contribution in [0.3, 0.4) is 0 Å². The third-order valence-corrected chi connectivity index (χ3v) is 1.01. The SMILES string of the molecule is C=C(O)/C(F)=C(/F)C(=C)OCC. The Labute approximate surface area is 69.5 Å². The van der Waals surface area contributed by atoms with E-state index in [0.29, 0.717) is 0 Å². The Hall–Kier alpha value is -1.32. The van der Waals surface area contributed by atoms with Crippen LogP contribution < -0.4 is 0 Å². The highest BCUT2D eigenvalue weighted by Crippen LogP contribution is 2.20. The molecule has 0 aromatic heterocycles. The number of allylic oxidation sites excluding steroid dienone is 2. The van der Waals surface area contributed by atoms with Crippen molar-refractivity contribution in [2.75, 3.05) is 6.61 Å². The van der Waals surface area contributed by atoms with E-state index in [4.69, 9.17) is 5.11 Å². The van der Waals surface area contributed by atoms with Gasteiger partial charge >= 0.3 is 0 Å². The fourth-order valence-corrected chi connectivity index (χ4v) is 0.487. The third-order valence-electron chi connectivity index (χ3n) is 1.01. The second kappa shape index (κ2) is 4.54. The van der Waals surface area contributed by atoms with Gasteiger partial charge in [0.15, 0.2) is 5.76 Å². The number of ether oxygens (including phenoxy) is 1. The summed E-state index contributed by atoms with van der Waals surface area (Å²) < 4.78 is 29.7. The van der Waals surface area contributed by atoms with Crippen LogP contribution in [0.15, 0.2) is 36.3 Å². The molecule has 4 heteroatoms. The highest BCUT2D eigenvalue weighted by atomic mass is 19.2. The molecule has 0 aliphatic rings. The van der Waals surface area contributed by atoms with Crippen molar-refractivity contribution in [1.82, 2.24) is 0 Å². The van der Waals surface area contributed by atoms with E-state index in [1.54, 1.807) is 6.92 Å². The lowest BCUT2D eigenvalue weighted by Crippen LogP contribution is -1.94. The van der Waals surface area contributed by atoms with E-state index in [2.05, 4.69) is 17.9 Å². The van der Waals surface area contributed by atoms with Crippen LogP contribution in [0.5, 0.6) is 0 Å². The highest BCUT2D eigenvalue weighted by Gasteiger charge is 2.12. The zero-order valence-electron chi connectivity index (χ0n) is 6.73. The fourth-order valence-electron chi connectivity index (χ4n) is 0.487. The van der Waals surface area contributed by atoms with E-state index in [1.165, 1.54) is 0 Å². The smallest absolute Gasteiger partial charge is 0.203 e. The standard InChI is InChI=1S/C8H10F2O2/c1-4-12-6(3)8(10)7(9)5(2)11/h11H,2-4H2,1H3/b8-7-. The molecule has 0 aliphatic heterocycles. The highest BCUT2D eigenvalue weighted by molar-refractivity contribution is 5.28. The molecule has 0 spiro atoms. The molecule has 0 amide bonds. The Morgan fingerprint density at radius 1 is 1.33 bits per heavy atom. The van der Waals surface area contributed by atoms with Crippen molar-refractivity contribution in [3.8, 4) is 0 Å². The summed E-state index contributed by atoms with van der Waals surface area (Å²) in [5.41, 5.74) is 0. The second-order valence-corrected chi connectivity index (χ2v) is 1.93. The summed E-state index contributed by atoms with van der Waals surface area (Å²) in [6.45, 7) is 7.68. The number of halogens is 2. The molecule has 0 fully saturated rings. The van der Waals surface area contributed by atoms with E-state index in [9.17, 15) is 8.78 Å². The average molecular weight is 176 g/mol. The molecule has 0 saturated heterocycles. The first-order valence-electron chi connectivity index (χ1n) is 3.26. The van der Waals surface area contributed by atoms with Gasteiger partial charge in [-0.3, -0.25) is 0 Å². The summed E-state index contributed by atoms with van der Waals surface area (Å²) in [6, 6.07) is 0. The second-order valence-electron chi connectivity index (χ2n) is 1.93. The molecule has 0 heterocycles. The first kappa shape index (κ1) is 10.7. The van der Waals surface area contributed by atoms with E-state index in [1.807, 2.05) is 0 Å². The fraction of sp³-hybridized carbons (Fsp3) is 0.250. The lowest BCUT2D eigenvalue weighted by atomic mass is 10.3. The van der Waals surface area contributed by atoms with E-state index >= 15 is 0 Å². The molecule has 2 nitrogen and oxygen atoms in total. The molecule has 12 heavy (non-hydrogen) atoms. The lowest BCUT2D eigenvalue weighted by Gasteiger charge is -2.04. The van der Waals surface area contributed by atoms with Gasteiger partial charge in [-0.15, -0.1) is 0 Å². The first-order valence-corrected chi connectivity index (χ1v) is 3.26. The molecule has 0 radical (unpaired) electrons. The van der Waals surface area contributed by atoms with Crippen LogP contribution in [0.4, 0.5) is 8.78 Å². The Balaban J connectivity index is 4.55. The Morgan fingerprint density at radius 3 is 2.17 bits per heavy atom. The average Bonchev–Trinajstić information content (AvgIpc) is 2.02. The van der Waals surface area contributed by atoms with E-state index in [0.717, 1.165) is 0 Å². The van der Waals surface area contributed by atoms with Crippen molar-refractivity contribution in [1.29, 1.82) is 0 Å². The van der Waals surface area contributed by atoms with Gasteiger partial charge in [-0.1, -0.05) is 13.2 Å². The summed E-state index contributed by atoms with van der Waals surface area (Å²) in [5, 5.41) is 8.44. The van der Waals surface area contributed by atoms with Crippen LogP contribution in [0, 0.1) is 0 Å². The van der Waals surface area contributed by atoms with Crippen molar-refractivity contribution in [3.63, 3.8) is 0 Å².